The van der Waals surface area contributed by atoms with Crippen molar-refractivity contribution >= 4 is 12.6 Å². The van der Waals surface area contributed by atoms with E-state index in [0.29, 0.717) is 5.47 Å². The van der Waals surface area contributed by atoms with Crippen LogP contribution in [0.4, 0.5) is 0 Å². The summed E-state index contributed by atoms with van der Waals surface area (Å²) in [5.74, 6) is 0. The number of hydrogen-bond donors (Lipinski definition) is 2. The smallest absolute Gasteiger partial charge is 0.423 e. The van der Waals surface area contributed by atoms with Gasteiger partial charge in [0.1, 0.15) is 0 Å². The quantitative estimate of drug-likeness (QED) is 0.624. The van der Waals surface area contributed by atoms with Gasteiger partial charge >= 0.3 is 7.12 Å². The largest absolute Gasteiger partial charge is 0.488 e. The van der Waals surface area contributed by atoms with Gasteiger partial charge in [-0.25, -0.2) is 0 Å². The minimum Gasteiger partial charge on any atom is -0.423 e. The molecule has 1 aromatic carbocycles. The van der Waals surface area contributed by atoms with E-state index in [1.807, 2.05) is 30.3 Å². The first-order chi connectivity index (χ1) is 6.29. The minimum absolute atomic E-state index is 0.641. The molecule has 2 N–H and O–H groups in total. The van der Waals surface area contributed by atoms with Crippen molar-refractivity contribution < 1.29 is 10.0 Å². The summed E-state index contributed by atoms with van der Waals surface area (Å²) >= 11 is 0. The lowest BCUT2D eigenvalue weighted by Gasteiger charge is -2.16. The van der Waals surface area contributed by atoms with Gasteiger partial charge in [-0.15, -0.1) is 0 Å². The molecule has 0 amide bonds. The van der Waals surface area contributed by atoms with Crippen LogP contribution in [0.25, 0.3) is 5.47 Å². The SMILES string of the molecule is OB(O)C1=CCCc2ccccc21. The van der Waals surface area contributed by atoms with Crippen LogP contribution in [0, 0.1) is 0 Å². The fraction of sp³-hybridized carbons (Fsp3) is 0.200. The molecule has 1 aliphatic rings. The number of fused-ring (bicyclic) bond motifs is 1. The molecule has 0 unspecified atom stereocenters. The summed E-state index contributed by atoms with van der Waals surface area (Å²) in [4.78, 5) is 0. The summed E-state index contributed by atoms with van der Waals surface area (Å²) in [6.07, 6.45) is 3.78. The van der Waals surface area contributed by atoms with Crippen molar-refractivity contribution in [3.8, 4) is 0 Å². The molecule has 2 rings (SSSR count). The highest BCUT2D eigenvalue weighted by Crippen LogP contribution is 2.26. The fourth-order valence-electron chi connectivity index (χ4n) is 1.76. The van der Waals surface area contributed by atoms with Gasteiger partial charge < -0.3 is 10.0 Å². The van der Waals surface area contributed by atoms with E-state index < -0.39 is 7.12 Å². The van der Waals surface area contributed by atoms with E-state index in [0.717, 1.165) is 18.4 Å². The Morgan fingerprint density at radius 2 is 1.92 bits per heavy atom. The Morgan fingerprint density at radius 3 is 2.69 bits per heavy atom. The van der Waals surface area contributed by atoms with Crippen LogP contribution in [0.1, 0.15) is 17.5 Å². The van der Waals surface area contributed by atoms with E-state index in [1.165, 1.54) is 5.56 Å². The van der Waals surface area contributed by atoms with Crippen LogP contribution in [-0.2, 0) is 6.42 Å². The zero-order valence-electron chi connectivity index (χ0n) is 7.27. The molecule has 1 aliphatic carbocycles. The Hall–Kier alpha value is -1.06. The third-order valence-electron chi connectivity index (χ3n) is 2.38. The molecule has 0 heterocycles. The maximum Gasteiger partial charge on any atom is 0.488 e. The van der Waals surface area contributed by atoms with Crippen molar-refractivity contribution in [2.45, 2.75) is 12.8 Å². The Morgan fingerprint density at radius 1 is 1.15 bits per heavy atom. The molecule has 2 nitrogen and oxygen atoms in total. The molecule has 3 heteroatoms. The van der Waals surface area contributed by atoms with Crippen molar-refractivity contribution in [3.05, 3.63) is 41.5 Å². The molecule has 0 spiro atoms. The molecule has 66 valence electrons. The molecule has 0 bridgehead atoms. The predicted molar refractivity (Wildman–Crippen MR) is 52.9 cm³/mol. The Bertz CT molecular complexity index is 345. The Balaban J connectivity index is 2.47. The topological polar surface area (TPSA) is 40.5 Å². The van der Waals surface area contributed by atoms with E-state index in [-0.39, 0.29) is 0 Å². The maximum atomic E-state index is 9.11. The summed E-state index contributed by atoms with van der Waals surface area (Å²) in [5.41, 5.74) is 2.82. The molecule has 0 aliphatic heterocycles. The minimum atomic E-state index is -1.35. The van der Waals surface area contributed by atoms with Crippen molar-refractivity contribution in [2.75, 3.05) is 0 Å². The van der Waals surface area contributed by atoms with E-state index in [2.05, 4.69) is 0 Å². The molecule has 0 fully saturated rings. The van der Waals surface area contributed by atoms with E-state index in [9.17, 15) is 0 Å². The first-order valence-corrected chi connectivity index (χ1v) is 4.43. The number of hydrogen-bond acceptors (Lipinski definition) is 2. The van der Waals surface area contributed by atoms with Gasteiger partial charge in [0.25, 0.3) is 0 Å². The zero-order valence-corrected chi connectivity index (χ0v) is 7.27. The van der Waals surface area contributed by atoms with Crippen LogP contribution in [0.15, 0.2) is 30.3 Å². The highest BCUT2D eigenvalue weighted by Gasteiger charge is 2.21. The van der Waals surface area contributed by atoms with Crippen molar-refractivity contribution in [3.63, 3.8) is 0 Å². The van der Waals surface area contributed by atoms with Gasteiger partial charge in [0.05, 0.1) is 0 Å². The van der Waals surface area contributed by atoms with Crippen LogP contribution >= 0.6 is 0 Å². The summed E-state index contributed by atoms with van der Waals surface area (Å²) < 4.78 is 0. The molecule has 0 atom stereocenters. The van der Waals surface area contributed by atoms with Gasteiger partial charge in [-0.1, -0.05) is 30.3 Å². The number of aryl methyl sites for hydroxylation is 1. The number of benzene rings is 1. The van der Waals surface area contributed by atoms with Gasteiger partial charge in [-0.2, -0.15) is 0 Å². The molecule has 0 saturated heterocycles. The van der Waals surface area contributed by atoms with Gasteiger partial charge in [-0.05, 0) is 29.4 Å². The first kappa shape index (κ1) is 8.54. The summed E-state index contributed by atoms with van der Waals surface area (Å²) in [6.45, 7) is 0. The van der Waals surface area contributed by atoms with Crippen molar-refractivity contribution in [1.29, 1.82) is 0 Å². The number of allylic oxidation sites excluding steroid dienone is 1. The Labute approximate surface area is 77.7 Å². The van der Waals surface area contributed by atoms with Crippen LogP contribution in [0.3, 0.4) is 0 Å². The lowest BCUT2D eigenvalue weighted by Crippen LogP contribution is -2.17. The summed E-state index contributed by atoms with van der Waals surface area (Å²) in [6, 6.07) is 7.86. The fourth-order valence-corrected chi connectivity index (χ4v) is 1.76. The zero-order chi connectivity index (χ0) is 9.26. The molecular weight excluding hydrogens is 163 g/mol. The lowest BCUT2D eigenvalue weighted by molar-refractivity contribution is 0.427. The van der Waals surface area contributed by atoms with Crippen molar-refractivity contribution in [1.82, 2.24) is 0 Å². The normalized spacial score (nSPS) is 14.8. The van der Waals surface area contributed by atoms with Crippen LogP contribution in [-0.4, -0.2) is 17.2 Å². The van der Waals surface area contributed by atoms with Crippen LogP contribution < -0.4 is 0 Å². The maximum absolute atomic E-state index is 9.11. The standard InChI is InChI=1S/C10H11BO2/c12-11(13)10-7-3-5-8-4-1-2-6-9(8)10/h1-2,4,6-7,12-13H,3,5H2. The third kappa shape index (κ3) is 1.53. The Kier molecular flexibility index (Phi) is 2.21. The predicted octanol–water partition coefficient (Wildman–Crippen LogP) is 1.03. The summed E-state index contributed by atoms with van der Waals surface area (Å²) in [5, 5.41) is 18.2. The van der Waals surface area contributed by atoms with E-state index in [1.54, 1.807) is 0 Å². The highest BCUT2D eigenvalue weighted by atomic mass is 16.4. The van der Waals surface area contributed by atoms with Crippen molar-refractivity contribution in [2.24, 2.45) is 0 Å². The first-order valence-electron chi connectivity index (χ1n) is 4.43. The average Bonchev–Trinajstić information content (AvgIpc) is 2.17. The van der Waals surface area contributed by atoms with Gasteiger partial charge in [0.15, 0.2) is 0 Å². The average molecular weight is 174 g/mol. The second-order valence-corrected chi connectivity index (χ2v) is 3.23. The monoisotopic (exact) mass is 174 g/mol. The number of rotatable bonds is 1. The van der Waals surface area contributed by atoms with Crippen LogP contribution in [0.2, 0.25) is 0 Å². The third-order valence-corrected chi connectivity index (χ3v) is 2.38. The highest BCUT2D eigenvalue weighted by molar-refractivity contribution is 6.66. The van der Waals surface area contributed by atoms with E-state index in [4.69, 9.17) is 10.0 Å². The molecule has 1 aromatic rings. The van der Waals surface area contributed by atoms with Crippen LogP contribution in [0.5, 0.6) is 0 Å². The second-order valence-electron chi connectivity index (χ2n) is 3.23. The molecule has 0 radical (unpaired) electrons. The van der Waals surface area contributed by atoms with Gasteiger partial charge in [0, 0.05) is 0 Å². The van der Waals surface area contributed by atoms with Gasteiger partial charge in [-0.3, -0.25) is 0 Å². The molecule has 0 saturated carbocycles. The summed E-state index contributed by atoms with van der Waals surface area (Å²) in [7, 11) is -1.35. The van der Waals surface area contributed by atoms with E-state index >= 15 is 0 Å². The molecule has 0 aromatic heterocycles. The second kappa shape index (κ2) is 3.36. The molecular formula is C10H11BO2. The van der Waals surface area contributed by atoms with Gasteiger partial charge in [0.2, 0.25) is 0 Å². The molecule has 13 heavy (non-hydrogen) atoms. The lowest BCUT2D eigenvalue weighted by atomic mass is 9.70.